The van der Waals surface area contributed by atoms with Gasteiger partial charge in [0.15, 0.2) is 23.4 Å². The Hall–Kier alpha value is -4.56. The van der Waals surface area contributed by atoms with Crippen molar-refractivity contribution in [3.63, 3.8) is 0 Å². The molecule has 3 unspecified atom stereocenters. The Morgan fingerprint density at radius 1 is 0.884 bits per heavy atom. The number of aromatic nitrogens is 3. The highest BCUT2D eigenvalue weighted by Crippen LogP contribution is 2.51. The smallest absolute Gasteiger partial charge is 0.200 e. The van der Waals surface area contributed by atoms with E-state index in [-0.39, 0.29) is 41.6 Å². The highest BCUT2D eigenvalue weighted by Gasteiger charge is 2.43. The van der Waals surface area contributed by atoms with Crippen molar-refractivity contribution in [1.29, 1.82) is 0 Å². The number of fused-ring (bicyclic) bond motifs is 1. The summed E-state index contributed by atoms with van der Waals surface area (Å²) < 4.78 is 25.9. The zero-order chi connectivity index (χ0) is 30.3. The van der Waals surface area contributed by atoms with Crippen molar-refractivity contribution in [3.05, 3.63) is 83.2 Å². The minimum absolute atomic E-state index is 0.125. The lowest BCUT2D eigenvalue weighted by Crippen LogP contribution is -2.38. The number of nitrogens with zero attached hydrogens (tertiary/aromatic N) is 3. The second-order valence-corrected chi connectivity index (χ2v) is 10.00. The molecule has 7 N–H and O–H groups in total. The molecule has 13 heteroatoms. The van der Waals surface area contributed by atoms with E-state index in [9.17, 15) is 25.5 Å². The van der Waals surface area contributed by atoms with Crippen LogP contribution < -0.4 is 10.5 Å². The molecule has 3 atom stereocenters. The van der Waals surface area contributed by atoms with Crippen LogP contribution in [0.15, 0.2) is 60.8 Å². The van der Waals surface area contributed by atoms with Crippen molar-refractivity contribution >= 4 is 0 Å². The third-order valence-corrected chi connectivity index (χ3v) is 6.91. The first kappa shape index (κ1) is 29.9. The third-order valence-electron chi connectivity index (χ3n) is 6.91. The highest BCUT2D eigenvalue weighted by molar-refractivity contribution is 5.55. The summed E-state index contributed by atoms with van der Waals surface area (Å²) >= 11 is 0. The van der Waals surface area contributed by atoms with Gasteiger partial charge in [0.25, 0.3) is 0 Å². The Morgan fingerprint density at radius 2 is 1.65 bits per heavy atom. The van der Waals surface area contributed by atoms with Gasteiger partial charge in [-0.2, -0.15) is 0 Å². The maximum absolute atomic E-state index is 10.9. The Kier molecular flexibility index (Phi) is 9.47. The van der Waals surface area contributed by atoms with Gasteiger partial charge in [0.05, 0.1) is 44.2 Å². The predicted molar refractivity (Wildman–Crippen MR) is 152 cm³/mol. The number of nitrogens with two attached hydrogens (primary N) is 1. The SMILES string of the molecule is NCCOCCc1cn(CCOC2c3c(O)cc(O)cc3OC(c3cc(O)c(O)c(O)c3)C2OCc2ccccc2)nn1. The molecule has 0 saturated carbocycles. The minimum atomic E-state index is -0.994. The first-order valence-corrected chi connectivity index (χ1v) is 13.8. The number of phenols is 5. The average molecular weight is 595 g/mol. The second-order valence-electron chi connectivity index (χ2n) is 10.00. The molecule has 0 fully saturated rings. The van der Waals surface area contributed by atoms with Crippen molar-refractivity contribution < 1.29 is 44.5 Å². The predicted octanol–water partition coefficient (Wildman–Crippen LogP) is 2.80. The van der Waals surface area contributed by atoms with Gasteiger partial charge < -0.3 is 50.2 Å². The van der Waals surface area contributed by atoms with E-state index in [1.807, 2.05) is 30.3 Å². The van der Waals surface area contributed by atoms with Crippen LogP contribution in [0.4, 0.5) is 0 Å². The van der Waals surface area contributed by atoms with Crippen LogP contribution in [-0.4, -0.2) is 73.0 Å². The Labute approximate surface area is 247 Å². The minimum Gasteiger partial charge on any atom is -0.508 e. The molecule has 4 aromatic rings. The van der Waals surface area contributed by atoms with E-state index in [0.717, 1.165) is 11.3 Å². The summed E-state index contributed by atoms with van der Waals surface area (Å²) in [6.07, 6.45) is -0.473. The fourth-order valence-electron chi connectivity index (χ4n) is 4.87. The van der Waals surface area contributed by atoms with Gasteiger partial charge in [0.2, 0.25) is 0 Å². The van der Waals surface area contributed by atoms with E-state index in [1.54, 1.807) is 10.9 Å². The van der Waals surface area contributed by atoms with Crippen molar-refractivity contribution in [2.75, 3.05) is 26.4 Å². The van der Waals surface area contributed by atoms with E-state index >= 15 is 0 Å². The lowest BCUT2D eigenvalue weighted by molar-refractivity contribution is -0.140. The van der Waals surface area contributed by atoms with Gasteiger partial charge in [-0.15, -0.1) is 5.10 Å². The third kappa shape index (κ3) is 7.09. The van der Waals surface area contributed by atoms with Gasteiger partial charge in [-0.1, -0.05) is 35.5 Å². The summed E-state index contributed by atoms with van der Waals surface area (Å²) in [6, 6.07) is 14.4. The quantitative estimate of drug-likeness (QED) is 0.0980. The molecule has 5 rings (SSSR count). The van der Waals surface area contributed by atoms with Crippen LogP contribution in [-0.2, 0) is 33.8 Å². The monoisotopic (exact) mass is 594 g/mol. The summed E-state index contributed by atoms with van der Waals surface area (Å²) in [5, 5.41) is 59.9. The summed E-state index contributed by atoms with van der Waals surface area (Å²) in [5.74, 6) is -2.17. The van der Waals surface area contributed by atoms with Crippen molar-refractivity contribution in [2.24, 2.45) is 5.73 Å². The first-order valence-electron chi connectivity index (χ1n) is 13.8. The molecular weight excluding hydrogens is 560 g/mol. The molecule has 3 aromatic carbocycles. The van der Waals surface area contributed by atoms with E-state index in [1.165, 1.54) is 24.3 Å². The van der Waals surface area contributed by atoms with Crippen LogP contribution in [0.2, 0.25) is 0 Å². The Bertz CT molecular complexity index is 1490. The average Bonchev–Trinajstić information content (AvgIpc) is 3.44. The molecule has 0 aliphatic carbocycles. The largest absolute Gasteiger partial charge is 0.508 e. The molecule has 43 heavy (non-hydrogen) atoms. The van der Waals surface area contributed by atoms with Crippen molar-refractivity contribution in [3.8, 4) is 34.5 Å². The molecule has 2 heterocycles. The molecule has 1 aliphatic rings. The van der Waals surface area contributed by atoms with Crippen LogP contribution in [0, 0.1) is 0 Å². The maximum atomic E-state index is 10.9. The molecule has 0 bridgehead atoms. The van der Waals surface area contributed by atoms with E-state index in [0.29, 0.717) is 32.7 Å². The highest BCUT2D eigenvalue weighted by atomic mass is 16.6. The van der Waals surface area contributed by atoms with Gasteiger partial charge in [-0.25, -0.2) is 4.68 Å². The molecule has 1 aromatic heterocycles. The fourth-order valence-corrected chi connectivity index (χ4v) is 4.87. The van der Waals surface area contributed by atoms with Crippen molar-refractivity contribution in [1.82, 2.24) is 15.0 Å². The topological polar surface area (TPSA) is 195 Å². The Balaban J connectivity index is 1.43. The molecule has 0 spiro atoms. The zero-order valence-corrected chi connectivity index (χ0v) is 23.2. The van der Waals surface area contributed by atoms with Gasteiger partial charge in [0.1, 0.15) is 29.5 Å². The van der Waals surface area contributed by atoms with Crippen LogP contribution in [0.25, 0.3) is 0 Å². The molecular formula is C30H34N4O9. The number of aromatic hydroxyl groups is 5. The number of ether oxygens (including phenoxy) is 4. The van der Waals surface area contributed by atoms with Crippen LogP contribution in [0.5, 0.6) is 34.5 Å². The van der Waals surface area contributed by atoms with Crippen molar-refractivity contribution in [2.45, 2.75) is 37.9 Å². The van der Waals surface area contributed by atoms with Gasteiger partial charge in [-0.3, -0.25) is 0 Å². The summed E-state index contributed by atoms with van der Waals surface area (Å²) in [6.45, 7) is 1.98. The zero-order valence-electron chi connectivity index (χ0n) is 23.2. The number of phenolic OH excluding ortho intramolecular Hbond substituents is 5. The molecule has 0 radical (unpaired) electrons. The van der Waals surface area contributed by atoms with Crippen LogP contribution in [0.1, 0.15) is 34.6 Å². The second kappa shape index (κ2) is 13.6. The molecule has 1 aliphatic heterocycles. The number of rotatable bonds is 13. The van der Waals surface area contributed by atoms with Gasteiger partial charge >= 0.3 is 0 Å². The molecule has 13 nitrogen and oxygen atoms in total. The first-order chi connectivity index (χ1) is 20.8. The maximum Gasteiger partial charge on any atom is 0.200 e. The Morgan fingerprint density at radius 3 is 2.40 bits per heavy atom. The van der Waals surface area contributed by atoms with Gasteiger partial charge in [0, 0.05) is 36.9 Å². The van der Waals surface area contributed by atoms with E-state index in [2.05, 4.69) is 10.3 Å². The van der Waals surface area contributed by atoms with E-state index < -0.39 is 35.6 Å². The number of hydrogen-bond donors (Lipinski definition) is 6. The number of benzene rings is 3. The van der Waals surface area contributed by atoms with Gasteiger partial charge in [-0.05, 0) is 17.7 Å². The molecule has 0 amide bonds. The fraction of sp³-hybridized carbons (Fsp3) is 0.333. The molecule has 0 saturated heterocycles. The lowest BCUT2D eigenvalue weighted by atomic mass is 9.90. The summed E-state index contributed by atoms with van der Waals surface area (Å²) in [5.41, 5.74) is 7.59. The summed E-state index contributed by atoms with van der Waals surface area (Å²) in [4.78, 5) is 0. The lowest BCUT2D eigenvalue weighted by Gasteiger charge is -2.39. The van der Waals surface area contributed by atoms with Crippen LogP contribution in [0.3, 0.4) is 0 Å². The normalized spacial score (nSPS) is 17.8. The van der Waals surface area contributed by atoms with E-state index in [4.69, 9.17) is 24.7 Å². The summed E-state index contributed by atoms with van der Waals surface area (Å²) in [7, 11) is 0. The standard InChI is InChI=1S/C30H34N4O9/c31-7-10-40-9-6-20-16-34(33-32-20)8-11-41-29-26-22(36)14-21(35)15-25(26)43-28(19-12-23(37)27(39)24(38)13-19)30(29)42-17-18-4-2-1-3-5-18/h1-5,12-16,28-30,35-39H,6-11,17,31H2. The van der Waals surface area contributed by atoms with Crippen LogP contribution >= 0.6 is 0 Å². The number of hydrogen-bond acceptors (Lipinski definition) is 12. The molecule has 228 valence electrons.